The first kappa shape index (κ1) is 12.6. The SMILES string of the molecule is Cc1ccccc1CC(NN)c1ccccc1N. The first-order valence-corrected chi connectivity index (χ1v) is 6.07. The van der Waals surface area contributed by atoms with Crippen molar-refractivity contribution >= 4 is 5.69 Å². The summed E-state index contributed by atoms with van der Waals surface area (Å²) < 4.78 is 0. The zero-order chi connectivity index (χ0) is 13.0. The lowest BCUT2D eigenvalue weighted by Gasteiger charge is -2.19. The van der Waals surface area contributed by atoms with E-state index in [0.29, 0.717) is 0 Å². The average molecular weight is 241 g/mol. The van der Waals surface area contributed by atoms with E-state index in [-0.39, 0.29) is 6.04 Å². The van der Waals surface area contributed by atoms with E-state index in [0.717, 1.165) is 17.7 Å². The topological polar surface area (TPSA) is 64.1 Å². The molecule has 2 aromatic carbocycles. The highest BCUT2D eigenvalue weighted by atomic mass is 15.2. The minimum absolute atomic E-state index is 0.0345. The van der Waals surface area contributed by atoms with Crippen LogP contribution >= 0.6 is 0 Å². The third-order valence-electron chi connectivity index (χ3n) is 3.26. The van der Waals surface area contributed by atoms with Crippen molar-refractivity contribution in [2.24, 2.45) is 5.84 Å². The van der Waals surface area contributed by atoms with Gasteiger partial charge in [0.25, 0.3) is 0 Å². The van der Waals surface area contributed by atoms with Crippen molar-refractivity contribution in [1.82, 2.24) is 5.43 Å². The van der Waals surface area contributed by atoms with Crippen LogP contribution in [0.2, 0.25) is 0 Å². The van der Waals surface area contributed by atoms with Crippen molar-refractivity contribution in [1.29, 1.82) is 0 Å². The number of rotatable bonds is 4. The highest BCUT2D eigenvalue weighted by Gasteiger charge is 2.13. The summed E-state index contributed by atoms with van der Waals surface area (Å²) in [4.78, 5) is 0. The molecule has 0 spiro atoms. The van der Waals surface area contributed by atoms with Crippen molar-refractivity contribution in [3.8, 4) is 0 Å². The highest BCUT2D eigenvalue weighted by molar-refractivity contribution is 5.48. The van der Waals surface area contributed by atoms with Crippen LogP contribution in [0.3, 0.4) is 0 Å². The monoisotopic (exact) mass is 241 g/mol. The molecular weight excluding hydrogens is 222 g/mol. The van der Waals surface area contributed by atoms with E-state index in [1.54, 1.807) is 0 Å². The minimum atomic E-state index is 0.0345. The standard InChI is InChI=1S/C15H19N3/c1-11-6-2-3-7-12(11)10-15(18-17)13-8-4-5-9-14(13)16/h2-9,15,18H,10,16-17H2,1H3. The van der Waals surface area contributed by atoms with E-state index in [1.807, 2.05) is 36.4 Å². The Morgan fingerprint density at radius 3 is 2.39 bits per heavy atom. The van der Waals surface area contributed by atoms with Crippen LogP contribution in [-0.4, -0.2) is 0 Å². The van der Waals surface area contributed by atoms with Gasteiger partial charge in [-0.25, -0.2) is 0 Å². The molecule has 0 heterocycles. The number of para-hydroxylation sites is 1. The van der Waals surface area contributed by atoms with E-state index in [4.69, 9.17) is 11.6 Å². The fourth-order valence-electron chi connectivity index (χ4n) is 2.15. The summed E-state index contributed by atoms with van der Waals surface area (Å²) in [5.74, 6) is 5.67. The fourth-order valence-corrected chi connectivity index (χ4v) is 2.15. The van der Waals surface area contributed by atoms with Crippen LogP contribution in [0.25, 0.3) is 0 Å². The normalized spacial score (nSPS) is 12.3. The van der Waals surface area contributed by atoms with E-state index in [2.05, 4.69) is 24.5 Å². The maximum absolute atomic E-state index is 5.99. The molecule has 1 atom stereocenters. The fraction of sp³-hybridized carbons (Fsp3) is 0.200. The zero-order valence-corrected chi connectivity index (χ0v) is 10.6. The quantitative estimate of drug-likeness (QED) is 0.437. The van der Waals surface area contributed by atoms with Gasteiger partial charge < -0.3 is 5.73 Å². The van der Waals surface area contributed by atoms with Gasteiger partial charge in [0.05, 0.1) is 6.04 Å². The number of anilines is 1. The van der Waals surface area contributed by atoms with Gasteiger partial charge in [-0.05, 0) is 36.1 Å². The summed E-state index contributed by atoms with van der Waals surface area (Å²) >= 11 is 0. The van der Waals surface area contributed by atoms with Crippen molar-refractivity contribution in [2.45, 2.75) is 19.4 Å². The van der Waals surface area contributed by atoms with E-state index >= 15 is 0 Å². The molecule has 3 heteroatoms. The van der Waals surface area contributed by atoms with E-state index in [1.165, 1.54) is 11.1 Å². The first-order valence-electron chi connectivity index (χ1n) is 6.07. The Labute approximate surface area is 108 Å². The molecule has 0 saturated heterocycles. The van der Waals surface area contributed by atoms with Crippen LogP contribution in [0.15, 0.2) is 48.5 Å². The van der Waals surface area contributed by atoms with Crippen LogP contribution in [0, 0.1) is 6.92 Å². The number of hydrazine groups is 1. The lowest BCUT2D eigenvalue weighted by atomic mass is 9.95. The zero-order valence-electron chi connectivity index (χ0n) is 10.6. The van der Waals surface area contributed by atoms with Crippen molar-refractivity contribution in [2.75, 3.05) is 5.73 Å². The molecule has 3 nitrogen and oxygen atoms in total. The maximum Gasteiger partial charge on any atom is 0.0520 e. The largest absolute Gasteiger partial charge is 0.398 e. The van der Waals surface area contributed by atoms with Crippen LogP contribution in [0.1, 0.15) is 22.7 Å². The Kier molecular flexibility index (Phi) is 3.97. The molecule has 2 aromatic rings. The summed E-state index contributed by atoms with van der Waals surface area (Å²) in [5, 5.41) is 0. The van der Waals surface area contributed by atoms with Crippen LogP contribution < -0.4 is 17.0 Å². The number of benzene rings is 2. The predicted octanol–water partition coefficient (Wildman–Crippen LogP) is 2.32. The maximum atomic E-state index is 5.99. The summed E-state index contributed by atoms with van der Waals surface area (Å²) in [5.41, 5.74) is 13.2. The molecule has 0 aliphatic carbocycles. The summed E-state index contributed by atoms with van der Waals surface area (Å²) in [7, 11) is 0. The molecule has 0 aromatic heterocycles. The Morgan fingerprint density at radius 2 is 1.72 bits per heavy atom. The van der Waals surface area contributed by atoms with Crippen molar-refractivity contribution < 1.29 is 0 Å². The van der Waals surface area contributed by atoms with Gasteiger partial charge in [0.2, 0.25) is 0 Å². The van der Waals surface area contributed by atoms with Gasteiger partial charge in [0.15, 0.2) is 0 Å². The molecule has 0 saturated carbocycles. The van der Waals surface area contributed by atoms with Crippen LogP contribution in [-0.2, 0) is 6.42 Å². The summed E-state index contributed by atoms with van der Waals surface area (Å²) in [6.07, 6.45) is 0.831. The Balaban J connectivity index is 2.26. The molecule has 0 fully saturated rings. The Morgan fingerprint density at radius 1 is 1.06 bits per heavy atom. The smallest absolute Gasteiger partial charge is 0.0520 e. The molecule has 94 valence electrons. The first-order chi connectivity index (χ1) is 8.72. The third kappa shape index (κ3) is 2.70. The molecule has 0 radical (unpaired) electrons. The number of hydrogen-bond donors (Lipinski definition) is 3. The van der Waals surface area contributed by atoms with Gasteiger partial charge in [-0.1, -0.05) is 42.5 Å². The van der Waals surface area contributed by atoms with Crippen molar-refractivity contribution in [3.05, 3.63) is 65.2 Å². The van der Waals surface area contributed by atoms with E-state index < -0.39 is 0 Å². The molecule has 2 rings (SSSR count). The minimum Gasteiger partial charge on any atom is -0.398 e. The number of hydrogen-bond acceptors (Lipinski definition) is 3. The molecule has 5 N–H and O–H groups in total. The highest BCUT2D eigenvalue weighted by Crippen LogP contribution is 2.24. The lowest BCUT2D eigenvalue weighted by molar-refractivity contribution is 0.552. The molecule has 1 unspecified atom stereocenters. The molecule has 0 amide bonds. The van der Waals surface area contributed by atoms with Crippen LogP contribution in [0.5, 0.6) is 0 Å². The number of nitrogens with one attached hydrogen (secondary N) is 1. The van der Waals surface area contributed by atoms with Crippen LogP contribution in [0.4, 0.5) is 5.69 Å². The molecular formula is C15H19N3. The Bertz CT molecular complexity index is 523. The summed E-state index contributed by atoms with van der Waals surface area (Å²) in [6.45, 7) is 2.11. The molecule has 18 heavy (non-hydrogen) atoms. The Hall–Kier alpha value is -1.84. The summed E-state index contributed by atoms with van der Waals surface area (Å²) in [6, 6.07) is 16.2. The molecule has 0 aliphatic heterocycles. The van der Waals surface area contributed by atoms with Gasteiger partial charge in [0.1, 0.15) is 0 Å². The molecule has 0 bridgehead atoms. The predicted molar refractivity (Wildman–Crippen MR) is 75.8 cm³/mol. The second-order valence-electron chi connectivity index (χ2n) is 4.48. The van der Waals surface area contributed by atoms with E-state index in [9.17, 15) is 0 Å². The second-order valence-corrected chi connectivity index (χ2v) is 4.48. The second kappa shape index (κ2) is 5.67. The number of nitrogens with two attached hydrogens (primary N) is 2. The van der Waals surface area contributed by atoms with Gasteiger partial charge >= 0.3 is 0 Å². The van der Waals surface area contributed by atoms with Gasteiger partial charge in [0, 0.05) is 5.69 Å². The van der Waals surface area contributed by atoms with Gasteiger partial charge in [-0.3, -0.25) is 11.3 Å². The average Bonchev–Trinajstić information content (AvgIpc) is 2.39. The van der Waals surface area contributed by atoms with Gasteiger partial charge in [-0.15, -0.1) is 0 Å². The van der Waals surface area contributed by atoms with Crippen molar-refractivity contribution in [3.63, 3.8) is 0 Å². The third-order valence-corrected chi connectivity index (χ3v) is 3.26. The molecule has 0 aliphatic rings. The lowest BCUT2D eigenvalue weighted by Crippen LogP contribution is -2.30. The number of nitrogen functional groups attached to an aromatic ring is 1. The number of aryl methyl sites for hydroxylation is 1. The van der Waals surface area contributed by atoms with Gasteiger partial charge in [-0.2, -0.15) is 0 Å².